The Kier molecular flexibility index (Phi) is 4.85. The molecule has 0 amide bonds. The molecule has 0 aromatic heterocycles. The molecule has 1 fully saturated rings. The molecule has 1 aliphatic rings. The van der Waals surface area contributed by atoms with Gasteiger partial charge >= 0.3 is 0 Å². The Labute approximate surface area is 88.5 Å². The number of rotatable bonds is 4. The molecular formula is C11H25N3. The minimum absolute atomic E-state index is 0.627. The number of likely N-dealkylation sites (N-methyl/N-ethyl adjacent to an activating group) is 2. The van der Waals surface area contributed by atoms with Crippen molar-refractivity contribution in [2.45, 2.75) is 31.8 Å². The van der Waals surface area contributed by atoms with E-state index in [1.807, 2.05) is 0 Å². The number of nitrogens with zero attached hydrogens (tertiary/aromatic N) is 2. The average Bonchev–Trinajstić information content (AvgIpc) is 2.14. The Bertz CT molecular complexity index is 159. The van der Waals surface area contributed by atoms with Gasteiger partial charge in [-0.15, -0.1) is 0 Å². The van der Waals surface area contributed by atoms with Crippen molar-refractivity contribution in [1.29, 1.82) is 0 Å². The van der Waals surface area contributed by atoms with Gasteiger partial charge in [0.2, 0.25) is 0 Å². The standard InChI is InChI=1S/C11H25N3/c1-10(13(2)3)8-12-11-6-5-7-14(4)9-11/h10-12H,5-9H2,1-4H3. The maximum Gasteiger partial charge on any atom is 0.0196 e. The first-order valence-corrected chi connectivity index (χ1v) is 5.68. The van der Waals surface area contributed by atoms with Gasteiger partial charge in [-0.3, -0.25) is 0 Å². The maximum atomic E-state index is 3.65. The van der Waals surface area contributed by atoms with Crippen LogP contribution in [0.2, 0.25) is 0 Å². The molecule has 1 rings (SSSR count). The van der Waals surface area contributed by atoms with Gasteiger partial charge in [0.15, 0.2) is 0 Å². The highest BCUT2D eigenvalue weighted by molar-refractivity contribution is 4.77. The van der Waals surface area contributed by atoms with Crippen molar-refractivity contribution in [1.82, 2.24) is 15.1 Å². The van der Waals surface area contributed by atoms with Crippen molar-refractivity contribution >= 4 is 0 Å². The zero-order valence-electron chi connectivity index (χ0n) is 10.1. The Morgan fingerprint density at radius 3 is 2.79 bits per heavy atom. The van der Waals surface area contributed by atoms with Crippen LogP contribution in [0.1, 0.15) is 19.8 Å². The van der Waals surface area contributed by atoms with Crippen molar-refractivity contribution in [3.63, 3.8) is 0 Å². The first-order valence-electron chi connectivity index (χ1n) is 5.68. The molecule has 1 heterocycles. The molecule has 1 saturated heterocycles. The summed E-state index contributed by atoms with van der Waals surface area (Å²) in [7, 11) is 6.49. The lowest BCUT2D eigenvalue weighted by Gasteiger charge is -2.32. The zero-order valence-corrected chi connectivity index (χ0v) is 10.1. The summed E-state index contributed by atoms with van der Waals surface area (Å²) in [6, 6.07) is 1.33. The van der Waals surface area contributed by atoms with Crippen LogP contribution in [-0.2, 0) is 0 Å². The SMILES string of the molecule is CC(CNC1CCCN(C)C1)N(C)C. The predicted octanol–water partition coefficient (Wildman–Crippen LogP) is 0.620. The second kappa shape index (κ2) is 5.69. The van der Waals surface area contributed by atoms with Crippen LogP contribution in [0.3, 0.4) is 0 Å². The fourth-order valence-electron chi connectivity index (χ4n) is 1.85. The van der Waals surface area contributed by atoms with Gasteiger partial charge in [-0.25, -0.2) is 0 Å². The molecule has 3 heteroatoms. The molecule has 0 saturated carbocycles. The lowest BCUT2D eigenvalue weighted by molar-refractivity contribution is 0.213. The minimum atomic E-state index is 0.627. The van der Waals surface area contributed by atoms with Crippen LogP contribution in [0.15, 0.2) is 0 Å². The van der Waals surface area contributed by atoms with Gasteiger partial charge in [0, 0.05) is 25.2 Å². The zero-order chi connectivity index (χ0) is 10.6. The van der Waals surface area contributed by atoms with E-state index in [2.05, 4.69) is 43.2 Å². The van der Waals surface area contributed by atoms with E-state index in [1.165, 1.54) is 25.9 Å². The van der Waals surface area contributed by atoms with Gasteiger partial charge in [0.1, 0.15) is 0 Å². The quantitative estimate of drug-likeness (QED) is 0.716. The van der Waals surface area contributed by atoms with Gasteiger partial charge in [0.25, 0.3) is 0 Å². The molecule has 0 aromatic rings. The van der Waals surface area contributed by atoms with E-state index < -0.39 is 0 Å². The van der Waals surface area contributed by atoms with Crippen molar-refractivity contribution in [3.8, 4) is 0 Å². The number of hydrogen-bond donors (Lipinski definition) is 1. The monoisotopic (exact) mass is 199 g/mol. The molecule has 3 nitrogen and oxygen atoms in total. The largest absolute Gasteiger partial charge is 0.311 e. The summed E-state index contributed by atoms with van der Waals surface area (Å²) in [5.74, 6) is 0. The highest BCUT2D eigenvalue weighted by atomic mass is 15.2. The third-order valence-corrected chi connectivity index (χ3v) is 3.21. The molecule has 84 valence electrons. The number of nitrogens with one attached hydrogen (secondary N) is 1. The Morgan fingerprint density at radius 1 is 1.50 bits per heavy atom. The third-order valence-electron chi connectivity index (χ3n) is 3.21. The van der Waals surface area contributed by atoms with E-state index in [1.54, 1.807) is 0 Å². The third kappa shape index (κ3) is 3.95. The highest BCUT2D eigenvalue weighted by Crippen LogP contribution is 2.07. The lowest BCUT2D eigenvalue weighted by atomic mass is 10.1. The van der Waals surface area contributed by atoms with Crippen LogP contribution in [-0.4, -0.2) is 62.7 Å². The molecular weight excluding hydrogens is 174 g/mol. The summed E-state index contributed by atoms with van der Waals surface area (Å²) < 4.78 is 0. The topological polar surface area (TPSA) is 18.5 Å². The van der Waals surface area contributed by atoms with E-state index in [0.717, 1.165) is 6.54 Å². The fourth-order valence-corrected chi connectivity index (χ4v) is 1.85. The molecule has 0 bridgehead atoms. The summed E-state index contributed by atoms with van der Waals surface area (Å²) in [5, 5.41) is 3.65. The number of hydrogen-bond acceptors (Lipinski definition) is 3. The molecule has 0 radical (unpaired) electrons. The van der Waals surface area contributed by atoms with Crippen LogP contribution < -0.4 is 5.32 Å². The molecule has 14 heavy (non-hydrogen) atoms. The van der Waals surface area contributed by atoms with Gasteiger partial charge in [-0.1, -0.05) is 0 Å². The molecule has 0 aromatic carbocycles. The van der Waals surface area contributed by atoms with Gasteiger partial charge in [-0.05, 0) is 47.5 Å². The minimum Gasteiger partial charge on any atom is -0.311 e. The van der Waals surface area contributed by atoms with Crippen LogP contribution in [0.25, 0.3) is 0 Å². The predicted molar refractivity (Wildman–Crippen MR) is 61.7 cm³/mol. The van der Waals surface area contributed by atoms with Gasteiger partial charge in [-0.2, -0.15) is 0 Å². The van der Waals surface area contributed by atoms with E-state index in [-0.39, 0.29) is 0 Å². The van der Waals surface area contributed by atoms with Crippen LogP contribution >= 0.6 is 0 Å². The molecule has 0 spiro atoms. The summed E-state index contributed by atoms with van der Waals surface area (Å²) in [4.78, 5) is 4.68. The van der Waals surface area contributed by atoms with E-state index in [4.69, 9.17) is 0 Å². The summed E-state index contributed by atoms with van der Waals surface area (Å²) in [6.07, 6.45) is 2.68. The van der Waals surface area contributed by atoms with E-state index in [9.17, 15) is 0 Å². The van der Waals surface area contributed by atoms with Gasteiger partial charge < -0.3 is 15.1 Å². The van der Waals surface area contributed by atoms with Crippen molar-refractivity contribution in [3.05, 3.63) is 0 Å². The van der Waals surface area contributed by atoms with Gasteiger partial charge in [0.05, 0.1) is 0 Å². The summed E-state index contributed by atoms with van der Waals surface area (Å²) >= 11 is 0. The summed E-state index contributed by atoms with van der Waals surface area (Å²) in [5.41, 5.74) is 0. The first-order chi connectivity index (χ1) is 6.59. The molecule has 1 N–H and O–H groups in total. The van der Waals surface area contributed by atoms with Crippen LogP contribution in [0.4, 0.5) is 0 Å². The molecule has 2 unspecified atom stereocenters. The van der Waals surface area contributed by atoms with Crippen molar-refractivity contribution in [2.75, 3.05) is 40.8 Å². The molecule has 1 aliphatic heterocycles. The second-order valence-corrected chi connectivity index (χ2v) is 4.82. The summed E-state index contributed by atoms with van der Waals surface area (Å²) in [6.45, 7) is 5.84. The Balaban J connectivity index is 2.17. The Hall–Kier alpha value is -0.120. The van der Waals surface area contributed by atoms with Crippen molar-refractivity contribution < 1.29 is 0 Å². The van der Waals surface area contributed by atoms with E-state index in [0.29, 0.717) is 12.1 Å². The van der Waals surface area contributed by atoms with Crippen LogP contribution in [0, 0.1) is 0 Å². The number of likely N-dealkylation sites (tertiary alicyclic amines) is 1. The van der Waals surface area contributed by atoms with Crippen molar-refractivity contribution in [2.24, 2.45) is 0 Å². The molecule has 0 aliphatic carbocycles. The second-order valence-electron chi connectivity index (χ2n) is 4.82. The molecule has 2 atom stereocenters. The fraction of sp³-hybridized carbons (Fsp3) is 1.00. The number of piperidine rings is 1. The smallest absolute Gasteiger partial charge is 0.0196 e. The Morgan fingerprint density at radius 2 is 2.21 bits per heavy atom. The maximum absolute atomic E-state index is 3.65. The lowest BCUT2D eigenvalue weighted by Crippen LogP contribution is -2.47. The average molecular weight is 199 g/mol. The van der Waals surface area contributed by atoms with E-state index >= 15 is 0 Å². The van der Waals surface area contributed by atoms with Crippen LogP contribution in [0.5, 0.6) is 0 Å². The first kappa shape index (κ1) is 12.0. The normalized spacial score (nSPS) is 26.8. The highest BCUT2D eigenvalue weighted by Gasteiger charge is 2.17.